The van der Waals surface area contributed by atoms with E-state index in [2.05, 4.69) is 10.4 Å². The van der Waals surface area contributed by atoms with E-state index in [9.17, 15) is 9.18 Å². The minimum absolute atomic E-state index is 0.0408. The number of aromatic nitrogens is 2. The minimum Gasteiger partial charge on any atom is -0.355 e. The van der Waals surface area contributed by atoms with Gasteiger partial charge in [-0.1, -0.05) is 43.2 Å². The van der Waals surface area contributed by atoms with Gasteiger partial charge in [-0.15, -0.1) is 0 Å². The van der Waals surface area contributed by atoms with Crippen molar-refractivity contribution in [2.24, 2.45) is 0 Å². The number of carbonyl (C=O) groups excluding carboxylic acids is 1. The highest BCUT2D eigenvalue weighted by atomic mass is 19.1. The zero-order chi connectivity index (χ0) is 19.4. The number of rotatable bonds is 6. The predicted octanol–water partition coefficient (Wildman–Crippen LogP) is 4.18. The second-order valence-electron chi connectivity index (χ2n) is 7.39. The fourth-order valence-corrected chi connectivity index (χ4v) is 4.09. The molecular weight excluding hydrogens is 353 g/mol. The van der Waals surface area contributed by atoms with Gasteiger partial charge in [0.05, 0.1) is 16.8 Å². The van der Waals surface area contributed by atoms with Crippen LogP contribution in [0.4, 0.5) is 4.39 Å². The molecule has 1 aromatic heterocycles. The zero-order valence-electron chi connectivity index (χ0n) is 15.8. The summed E-state index contributed by atoms with van der Waals surface area (Å²) in [4.78, 5) is 13.0. The molecule has 0 radical (unpaired) electrons. The fraction of sp³-hybridized carbons (Fsp3) is 0.304. The molecule has 3 aromatic rings. The van der Waals surface area contributed by atoms with E-state index in [4.69, 9.17) is 0 Å². The van der Waals surface area contributed by atoms with Crippen LogP contribution in [0.15, 0.2) is 66.9 Å². The minimum atomic E-state index is -0.531. The van der Waals surface area contributed by atoms with Crippen LogP contribution in [0.3, 0.4) is 0 Å². The smallest absolute Gasteiger partial charge is 0.230 e. The van der Waals surface area contributed by atoms with Crippen LogP contribution in [0.2, 0.25) is 0 Å². The first kappa shape index (κ1) is 18.4. The summed E-state index contributed by atoms with van der Waals surface area (Å²) in [6, 6.07) is 18.3. The van der Waals surface area contributed by atoms with Crippen LogP contribution in [-0.2, 0) is 16.6 Å². The van der Waals surface area contributed by atoms with Gasteiger partial charge in [0.25, 0.3) is 0 Å². The SMILES string of the molecule is O=C(NCCc1ccn(-c2ccccc2)n1)C1(c2ccc(F)cc2)CCCC1. The molecule has 1 saturated carbocycles. The van der Waals surface area contributed by atoms with Crippen LogP contribution in [0.1, 0.15) is 36.9 Å². The highest BCUT2D eigenvalue weighted by Crippen LogP contribution is 2.41. The van der Waals surface area contributed by atoms with Crippen LogP contribution in [0.5, 0.6) is 0 Å². The van der Waals surface area contributed by atoms with E-state index in [0.29, 0.717) is 13.0 Å². The van der Waals surface area contributed by atoms with Crippen LogP contribution in [-0.4, -0.2) is 22.2 Å². The van der Waals surface area contributed by atoms with Crippen molar-refractivity contribution in [1.82, 2.24) is 15.1 Å². The number of benzene rings is 2. The zero-order valence-corrected chi connectivity index (χ0v) is 15.8. The molecule has 1 heterocycles. The molecule has 2 aromatic carbocycles. The normalized spacial score (nSPS) is 15.5. The lowest BCUT2D eigenvalue weighted by molar-refractivity contribution is -0.126. The van der Waals surface area contributed by atoms with Crippen molar-refractivity contribution in [3.63, 3.8) is 0 Å². The summed E-state index contributed by atoms with van der Waals surface area (Å²) >= 11 is 0. The number of carbonyl (C=O) groups is 1. The van der Waals surface area contributed by atoms with Crippen molar-refractivity contribution < 1.29 is 9.18 Å². The van der Waals surface area contributed by atoms with E-state index in [0.717, 1.165) is 42.6 Å². The van der Waals surface area contributed by atoms with E-state index in [1.807, 2.05) is 47.3 Å². The summed E-state index contributed by atoms with van der Waals surface area (Å²) in [5, 5.41) is 7.68. The summed E-state index contributed by atoms with van der Waals surface area (Å²) in [5.74, 6) is -0.231. The van der Waals surface area contributed by atoms with E-state index in [1.54, 1.807) is 12.1 Å². The van der Waals surface area contributed by atoms with Gasteiger partial charge in [0.15, 0.2) is 0 Å². The van der Waals surface area contributed by atoms with Gasteiger partial charge >= 0.3 is 0 Å². The Labute approximate surface area is 164 Å². The van der Waals surface area contributed by atoms with E-state index in [-0.39, 0.29) is 11.7 Å². The van der Waals surface area contributed by atoms with Crippen molar-refractivity contribution in [2.75, 3.05) is 6.54 Å². The van der Waals surface area contributed by atoms with E-state index in [1.165, 1.54) is 12.1 Å². The van der Waals surface area contributed by atoms with Crippen molar-refractivity contribution >= 4 is 5.91 Å². The Morgan fingerprint density at radius 2 is 1.75 bits per heavy atom. The predicted molar refractivity (Wildman–Crippen MR) is 107 cm³/mol. The molecule has 1 aliphatic rings. The standard InChI is InChI=1S/C23H24FN3O/c24-19-10-8-18(9-11-19)23(14-4-5-15-23)22(28)25-16-12-20-13-17-27(26-20)21-6-2-1-3-7-21/h1-3,6-11,13,17H,4-5,12,14-16H2,(H,25,28). The maximum atomic E-state index is 13.3. The van der Waals surface area contributed by atoms with Crippen molar-refractivity contribution in [3.8, 4) is 5.69 Å². The molecule has 144 valence electrons. The molecule has 0 bridgehead atoms. The topological polar surface area (TPSA) is 46.9 Å². The lowest BCUT2D eigenvalue weighted by atomic mass is 9.78. The lowest BCUT2D eigenvalue weighted by Gasteiger charge is -2.28. The maximum Gasteiger partial charge on any atom is 0.230 e. The number of para-hydroxylation sites is 1. The fourth-order valence-electron chi connectivity index (χ4n) is 4.09. The first-order chi connectivity index (χ1) is 13.7. The third-order valence-electron chi connectivity index (χ3n) is 5.62. The van der Waals surface area contributed by atoms with Gasteiger partial charge in [0, 0.05) is 19.2 Å². The van der Waals surface area contributed by atoms with Crippen molar-refractivity contribution in [3.05, 3.63) is 83.9 Å². The Balaban J connectivity index is 1.39. The number of halogens is 1. The molecule has 1 fully saturated rings. The third-order valence-corrected chi connectivity index (χ3v) is 5.62. The Morgan fingerprint density at radius 3 is 2.46 bits per heavy atom. The summed E-state index contributed by atoms with van der Waals surface area (Å²) in [6.45, 7) is 0.535. The molecule has 0 atom stereocenters. The van der Waals surface area contributed by atoms with Gasteiger partial charge in [0.2, 0.25) is 5.91 Å². The Hall–Kier alpha value is -2.95. The van der Waals surface area contributed by atoms with E-state index < -0.39 is 5.41 Å². The Bertz CT molecular complexity index is 928. The van der Waals surface area contributed by atoms with Crippen LogP contribution < -0.4 is 5.32 Å². The number of amides is 1. The summed E-state index contributed by atoms with van der Waals surface area (Å²) in [5.41, 5.74) is 2.33. The Kier molecular flexibility index (Phi) is 5.24. The quantitative estimate of drug-likeness (QED) is 0.700. The second-order valence-corrected chi connectivity index (χ2v) is 7.39. The molecule has 1 amide bonds. The van der Waals surface area contributed by atoms with Gasteiger partial charge in [0.1, 0.15) is 5.82 Å². The average Bonchev–Trinajstić information content (AvgIpc) is 3.40. The van der Waals surface area contributed by atoms with Crippen LogP contribution >= 0.6 is 0 Å². The molecule has 28 heavy (non-hydrogen) atoms. The van der Waals surface area contributed by atoms with Crippen molar-refractivity contribution in [1.29, 1.82) is 0 Å². The molecule has 1 aliphatic carbocycles. The molecule has 5 heteroatoms. The summed E-state index contributed by atoms with van der Waals surface area (Å²) in [6.07, 6.45) is 6.27. The average molecular weight is 377 g/mol. The number of nitrogens with zero attached hydrogens (tertiary/aromatic N) is 2. The largest absolute Gasteiger partial charge is 0.355 e. The van der Waals surface area contributed by atoms with Crippen LogP contribution in [0.25, 0.3) is 5.69 Å². The molecule has 0 aliphatic heterocycles. The molecular formula is C23H24FN3O. The highest BCUT2D eigenvalue weighted by Gasteiger charge is 2.42. The molecule has 1 N–H and O–H groups in total. The van der Waals surface area contributed by atoms with Gasteiger partial charge < -0.3 is 5.32 Å². The van der Waals surface area contributed by atoms with Gasteiger partial charge in [-0.05, 0) is 48.7 Å². The molecule has 0 unspecified atom stereocenters. The van der Waals surface area contributed by atoms with Gasteiger partial charge in [-0.2, -0.15) is 5.10 Å². The molecule has 0 spiro atoms. The number of nitrogens with one attached hydrogen (secondary N) is 1. The summed E-state index contributed by atoms with van der Waals surface area (Å²) < 4.78 is 15.1. The van der Waals surface area contributed by atoms with E-state index >= 15 is 0 Å². The molecule has 4 nitrogen and oxygen atoms in total. The first-order valence-corrected chi connectivity index (χ1v) is 9.82. The second kappa shape index (κ2) is 7.97. The van der Waals surface area contributed by atoms with Crippen molar-refractivity contribution in [2.45, 2.75) is 37.5 Å². The molecule has 0 saturated heterocycles. The van der Waals surface area contributed by atoms with Gasteiger partial charge in [-0.25, -0.2) is 9.07 Å². The third kappa shape index (κ3) is 3.70. The maximum absolute atomic E-state index is 13.3. The van der Waals surface area contributed by atoms with Gasteiger partial charge in [-0.3, -0.25) is 4.79 Å². The monoisotopic (exact) mass is 377 g/mol. The number of hydrogen-bond donors (Lipinski definition) is 1. The first-order valence-electron chi connectivity index (χ1n) is 9.82. The Morgan fingerprint density at radius 1 is 1.04 bits per heavy atom. The number of hydrogen-bond acceptors (Lipinski definition) is 2. The van der Waals surface area contributed by atoms with Crippen LogP contribution in [0, 0.1) is 5.82 Å². The molecule has 4 rings (SSSR count). The summed E-state index contributed by atoms with van der Waals surface area (Å²) in [7, 11) is 0. The lowest BCUT2D eigenvalue weighted by Crippen LogP contribution is -2.43. The highest BCUT2D eigenvalue weighted by molar-refractivity contribution is 5.88.